The number of carbonyl (C=O) groups excluding carboxylic acids is 3. The highest BCUT2D eigenvalue weighted by atomic mass is 19.1. The van der Waals surface area contributed by atoms with E-state index in [4.69, 9.17) is 9.47 Å². The lowest BCUT2D eigenvalue weighted by Crippen LogP contribution is -2.46. The number of rotatable bonds is 8. The first kappa shape index (κ1) is 37.7. The number of alkyl carbamates (subject to hydrolysis) is 2. The van der Waals surface area contributed by atoms with Crippen molar-refractivity contribution in [1.82, 2.24) is 20.4 Å². The predicted molar refractivity (Wildman–Crippen MR) is 178 cm³/mol. The molecule has 2 fully saturated rings. The van der Waals surface area contributed by atoms with Crippen LogP contribution in [0, 0.1) is 11.8 Å². The summed E-state index contributed by atoms with van der Waals surface area (Å²) >= 11 is 0. The summed E-state index contributed by atoms with van der Waals surface area (Å²) in [6, 6.07) is 18.6. The summed E-state index contributed by atoms with van der Waals surface area (Å²) in [6.07, 6.45) is -1.18. The maximum absolute atomic E-state index is 13.4. The van der Waals surface area contributed by atoms with Crippen molar-refractivity contribution in [3.63, 3.8) is 0 Å². The molecule has 0 saturated carbocycles. The SMILES string of the molecule is C[C@H](c1ccccc1)N1C[C@H](CF)[C@H](NC(=O)OC(C)(C)C)C1.C[C@H](c1ccccc1)N1C[C@H](CF)[C@H](NC(=O)OC(C)(C)C)C1=O. The van der Waals surface area contributed by atoms with Crippen LogP contribution in [0.25, 0.3) is 0 Å². The van der Waals surface area contributed by atoms with Crippen molar-refractivity contribution in [2.45, 2.75) is 90.8 Å². The number of ether oxygens (including phenoxy) is 2. The van der Waals surface area contributed by atoms with Crippen molar-refractivity contribution in [2.75, 3.05) is 33.0 Å². The van der Waals surface area contributed by atoms with E-state index in [-0.39, 0.29) is 36.5 Å². The Morgan fingerprint density at radius 3 is 1.68 bits per heavy atom. The smallest absolute Gasteiger partial charge is 0.408 e. The first-order valence-corrected chi connectivity index (χ1v) is 16.3. The molecule has 2 aliphatic heterocycles. The van der Waals surface area contributed by atoms with Gasteiger partial charge in [0, 0.05) is 37.5 Å². The van der Waals surface area contributed by atoms with E-state index in [9.17, 15) is 23.2 Å². The third kappa shape index (κ3) is 11.2. The van der Waals surface area contributed by atoms with E-state index >= 15 is 0 Å². The molecule has 0 radical (unpaired) electrons. The number of carbonyl (C=O) groups is 3. The number of alkyl halides is 2. The maximum atomic E-state index is 13.4. The van der Waals surface area contributed by atoms with Gasteiger partial charge in [-0.2, -0.15) is 0 Å². The van der Waals surface area contributed by atoms with Crippen LogP contribution in [0.3, 0.4) is 0 Å². The van der Waals surface area contributed by atoms with Crippen molar-refractivity contribution < 1.29 is 32.6 Å². The minimum atomic E-state index is -0.893. The lowest BCUT2D eigenvalue weighted by Gasteiger charge is -2.25. The van der Waals surface area contributed by atoms with Gasteiger partial charge in [-0.25, -0.2) is 9.59 Å². The molecular weight excluding hydrogens is 606 g/mol. The molecule has 0 aromatic heterocycles. The van der Waals surface area contributed by atoms with Gasteiger partial charge in [-0.05, 0) is 66.5 Å². The van der Waals surface area contributed by atoms with E-state index in [2.05, 4.69) is 34.6 Å². The number of nitrogens with one attached hydrogen (secondary N) is 2. The van der Waals surface area contributed by atoms with Crippen LogP contribution in [-0.2, 0) is 14.3 Å². The Balaban J connectivity index is 0.000000256. The molecule has 0 spiro atoms. The highest BCUT2D eigenvalue weighted by Gasteiger charge is 2.44. The lowest BCUT2D eigenvalue weighted by molar-refractivity contribution is -0.131. The Morgan fingerprint density at radius 1 is 0.745 bits per heavy atom. The first-order chi connectivity index (χ1) is 22.0. The van der Waals surface area contributed by atoms with Gasteiger partial charge < -0.3 is 25.0 Å². The molecule has 2 N–H and O–H groups in total. The van der Waals surface area contributed by atoms with Crippen molar-refractivity contribution in [2.24, 2.45) is 11.8 Å². The van der Waals surface area contributed by atoms with Crippen LogP contribution in [-0.4, -0.2) is 84.2 Å². The van der Waals surface area contributed by atoms with Crippen LogP contribution in [0.4, 0.5) is 18.4 Å². The minimum absolute atomic E-state index is 0.182. The van der Waals surface area contributed by atoms with Gasteiger partial charge >= 0.3 is 12.2 Å². The number of hydrogen-bond donors (Lipinski definition) is 2. The number of halogens is 2. The summed E-state index contributed by atoms with van der Waals surface area (Å²) in [7, 11) is 0. The summed E-state index contributed by atoms with van der Waals surface area (Å²) in [4.78, 5) is 40.4. The highest BCUT2D eigenvalue weighted by Crippen LogP contribution is 2.30. The van der Waals surface area contributed by atoms with Gasteiger partial charge in [0.15, 0.2) is 0 Å². The predicted octanol–water partition coefficient (Wildman–Crippen LogP) is 6.61. The molecule has 2 saturated heterocycles. The molecule has 0 aliphatic carbocycles. The van der Waals surface area contributed by atoms with Crippen molar-refractivity contribution >= 4 is 18.1 Å². The van der Waals surface area contributed by atoms with Crippen molar-refractivity contribution in [1.29, 1.82) is 0 Å². The third-order valence-electron chi connectivity index (χ3n) is 8.27. The van der Waals surface area contributed by atoms with Crippen molar-refractivity contribution in [3.8, 4) is 0 Å². The topological polar surface area (TPSA) is 100 Å². The number of benzene rings is 2. The van der Waals surface area contributed by atoms with Gasteiger partial charge in [-0.3, -0.25) is 18.5 Å². The van der Waals surface area contributed by atoms with E-state index in [1.54, 1.807) is 25.7 Å². The molecule has 2 aliphatic rings. The summed E-state index contributed by atoms with van der Waals surface area (Å²) in [5.41, 5.74) is 0.947. The Bertz CT molecular complexity index is 1300. The molecule has 2 aromatic carbocycles. The average molecular weight is 659 g/mol. The molecule has 6 atom stereocenters. The van der Waals surface area contributed by atoms with Crippen LogP contribution in [0.15, 0.2) is 60.7 Å². The van der Waals surface area contributed by atoms with E-state index in [0.717, 1.165) is 5.56 Å². The molecule has 4 rings (SSSR count). The molecule has 260 valence electrons. The summed E-state index contributed by atoms with van der Waals surface area (Å²) in [6.45, 7) is 15.1. The van der Waals surface area contributed by atoms with Gasteiger partial charge in [-0.15, -0.1) is 0 Å². The number of nitrogens with zero attached hydrogens (tertiary/aromatic N) is 2. The van der Waals surface area contributed by atoms with E-state index in [1.165, 1.54) is 5.56 Å². The highest BCUT2D eigenvalue weighted by molar-refractivity contribution is 5.88. The average Bonchev–Trinajstić information content (AvgIpc) is 3.55. The molecule has 47 heavy (non-hydrogen) atoms. The zero-order chi connectivity index (χ0) is 34.9. The van der Waals surface area contributed by atoms with Gasteiger partial charge in [0.25, 0.3) is 0 Å². The Morgan fingerprint density at radius 2 is 1.21 bits per heavy atom. The summed E-state index contributed by atoms with van der Waals surface area (Å²) < 4.78 is 37.2. The normalized spacial score (nSPS) is 22.9. The van der Waals surface area contributed by atoms with Crippen LogP contribution >= 0.6 is 0 Å². The first-order valence-electron chi connectivity index (χ1n) is 16.3. The molecule has 3 amide bonds. The fourth-order valence-corrected chi connectivity index (χ4v) is 5.78. The van der Waals surface area contributed by atoms with E-state index in [0.29, 0.717) is 13.1 Å². The standard InChI is InChI=1S/C18H25FN2O3.C18H27FN2O2/c1-12(13-8-6-5-7-9-13)21-11-14(10-19)15(16(21)22)20-17(23)24-18(2,3)4;1-13(14-8-6-5-7-9-14)21-11-15(10-19)16(12-21)20-17(22)23-18(2,3)4/h5-9,12,14-15H,10-11H2,1-4H3,(H,20,23);5-9,13,15-16H,10-12H2,1-4H3,(H,20,22)/t12-,14+,15+;13-,15+,16-/m11/s1. The minimum Gasteiger partial charge on any atom is -0.444 e. The van der Waals surface area contributed by atoms with Gasteiger partial charge in [0.2, 0.25) is 5.91 Å². The van der Waals surface area contributed by atoms with Crippen LogP contribution in [0.1, 0.15) is 78.6 Å². The van der Waals surface area contributed by atoms with Gasteiger partial charge in [0.05, 0.1) is 25.4 Å². The van der Waals surface area contributed by atoms with E-state index < -0.39 is 48.7 Å². The number of amides is 3. The van der Waals surface area contributed by atoms with Crippen molar-refractivity contribution in [3.05, 3.63) is 71.8 Å². The maximum Gasteiger partial charge on any atom is 0.408 e. The fourth-order valence-electron chi connectivity index (χ4n) is 5.78. The summed E-state index contributed by atoms with van der Waals surface area (Å²) in [5.74, 6) is -1.05. The molecule has 0 unspecified atom stereocenters. The molecule has 2 heterocycles. The second kappa shape index (κ2) is 16.4. The monoisotopic (exact) mass is 658 g/mol. The Hall–Kier alpha value is -3.73. The molecule has 2 aromatic rings. The number of likely N-dealkylation sites (tertiary alicyclic amines) is 2. The Labute approximate surface area is 278 Å². The van der Waals surface area contributed by atoms with Crippen LogP contribution in [0.5, 0.6) is 0 Å². The summed E-state index contributed by atoms with van der Waals surface area (Å²) in [5, 5.41) is 5.36. The largest absolute Gasteiger partial charge is 0.444 e. The van der Waals surface area contributed by atoms with Crippen LogP contribution < -0.4 is 10.6 Å². The van der Waals surface area contributed by atoms with E-state index in [1.807, 2.05) is 76.2 Å². The zero-order valence-electron chi connectivity index (χ0n) is 29.0. The lowest BCUT2D eigenvalue weighted by atomic mass is 10.1. The quantitative estimate of drug-likeness (QED) is 0.331. The van der Waals surface area contributed by atoms with Gasteiger partial charge in [-0.1, -0.05) is 60.7 Å². The second-order valence-corrected chi connectivity index (χ2v) is 14.3. The zero-order valence-corrected chi connectivity index (χ0v) is 29.0. The molecule has 9 nitrogen and oxygen atoms in total. The Kier molecular flexibility index (Phi) is 13.2. The second-order valence-electron chi connectivity index (χ2n) is 14.3. The molecule has 11 heteroatoms. The third-order valence-corrected chi connectivity index (χ3v) is 8.27. The number of hydrogen-bond acceptors (Lipinski definition) is 6. The van der Waals surface area contributed by atoms with Crippen LogP contribution in [0.2, 0.25) is 0 Å². The fraction of sp³-hybridized carbons (Fsp3) is 0.583. The van der Waals surface area contributed by atoms with Gasteiger partial charge in [0.1, 0.15) is 17.2 Å². The molecular formula is C36H52F2N4O5. The molecule has 0 bridgehead atoms.